The Bertz CT molecular complexity index is 414. The second kappa shape index (κ2) is 7.66. The van der Waals surface area contributed by atoms with E-state index in [0.29, 0.717) is 25.9 Å². The number of ether oxygens (including phenoxy) is 1. The average molecular weight is 305 g/mol. The van der Waals surface area contributed by atoms with Crippen molar-refractivity contribution >= 4 is 0 Å². The zero-order valence-electron chi connectivity index (χ0n) is 12.3. The van der Waals surface area contributed by atoms with Crippen LogP contribution in [0.1, 0.15) is 32.3 Å². The van der Waals surface area contributed by atoms with E-state index in [2.05, 4.69) is 10.1 Å². The van der Waals surface area contributed by atoms with Gasteiger partial charge in [0.2, 0.25) is 0 Å². The second-order valence-electron chi connectivity index (χ2n) is 5.08. The highest BCUT2D eigenvalue weighted by atomic mass is 19.4. The molecule has 120 valence electrons. The van der Waals surface area contributed by atoms with E-state index in [0.717, 1.165) is 5.56 Å². The number of hydrogen-bond acceptors (Lipinski definition) is 3. The summed E-state index contributed by atoms with van der Waals surface area (Å²) in [5.41, 5.74) is 0.208. The van der Waals surface area contributed by atoms with Crippen molar-refractivity contribution in [2.24, 2.45) is 0 Å². The fourth-order valence-electron chi connectivity index (χ4n) is 1.81. The number of alkyl halides is 3. The first kappa shape index (κ1) is 17.8. The molecule has 0 atom stereocenters. The molecule has 0 aliphatic heterocycles. The Morgan fingerprint density at radius 3 is 2.14 bits per heavy atom. The number of rotatable bonds is 8. The van der Waals surface area contributed by atoms with Crippen LogP contribution >= 0.6 is 0 Å². The van der Waals surface area contributed by atoms with Crippen LogP contribution in [0.3, 0.4) is 0 Å². The third-order valence-electron chi connectivity index (χ3n) is 3.43. The molecule has 0 unspecified atom stereocenters. The van der Waals surface area contributed by atoms with Crippen LogP contribution in [-0.4, -0.2) is 30.0 Å². The maximum Gasteiger partial charge on any atom is 0.422 e. The van der Waals surface area contributed by atoms with Gasteiger partial charge >= 0.3 is 6.18 Å². The molecule has 0 radical (unpaired) electrons. The zero-order valence-corrected chi connectivity index (χ0v) is 12.3. The molecule has 0 aliphatic carbocycles. The van der Waals surface area contributed by atoms with Crippen LogP contribution in [0.4, 0.5) is 13.2 Å². The normalized spacial score (nSPS) is 12.5. The number of nitrogens with one attached hydrogen (secondary N) is 1. The highest BCUT2D eigenvalue weighted by Gasteiger charge is 2.28. The molecule has 0 aromatic heterocycles. The molecule has 0 bridgehead atoms. The lowest BCUT2D eigenvalue weighted by Crippen LogP contribution is -2.39. The smallest absolute Gasteiger partial charge is 0.422 e. The second-order valence-corrected chi connectivity index (χ2v) is 5.08. The molecule has 1 aromatic rings. The molecular formula is C15H22F3NO2. The summed E-state index contributed by atoms with van der Waals surface area (Å²) in [6.45, 7) is 3.59. The Hall–Kier alpha value is -1.27. The Kier molecular flexibility index (Phi) is 6.48. The topological polar surface area (TPSA) is 41.5 Å². The molecule has 3 nitrogen and oxygen atoms in total. The first-order chi connectivity index (χ1) is 9.78. The molecule has 0 fully saturated rings. The molecule has 0 spiro atoms. The summed E-state index contributed by atoms with van der Waals surface area (Å²) >= 11 is 0. The molecule has 1 rings (SSSR count). The van der Waals surface area contributed by atoms with Crippen LogP contribution in [0.15, 0.2) is 24.3 Å². The first-order valence-electron chi connectivity index (χ1n) is 6.99. The fraction of sp³-hybridized carbons (Fsp3) is 0.600. The van der Waals surface area contributed by atoms with Gasteiger partial charge in [-0.25, -0.2) is 0 Å². The minimum atomic E-state index is -4.33. The van der Waals surface area contributed by atoms with E-state index in [1.54, 1.807) is 12.1 Å². The van der Waals surface area contributed by atoms with Gasteiger partial charge in [-0.15, -0.1) is 0 Å². The third kappa shape index (κ3) is 6.82. The van der Waals surface area contributed by atoms with Crippen molar-refractivity contribution in [2.45, 2.75) is 45.0 Å². The largest absolute Gasteiger partial charge is 0.484 e. The van der Waals surface area contributed by atoms with E-state index in [9.17, 15) is 18.3 Å². The Labute approximate surface area is 123 Å². The van der Waals surface area contributed by atoms with Gasteiger partial charge in [0.25, 0.3) is 0 Å². The van der Waals surface area contributed by atoms with Crippen LogP contribution < -0.4 is 10.1 Å². The first-order valence-corrected chi connectivity index (χ1v) is 6.99. The summed E-state index contributed by atoms with van der Waals surface area (Å²) in [5.74, 6) is 0.190. The Morgan fingerprint density at radius 1 is 1.10 bits per heavy atom. The van der Waals surface area contributed by atoms with E-state index in [1.807, 2.05) is 13.8 Å². The number of benzene rings is 1. The van der Waals surface area contributed by atoms with E-state index >= 15 is 0 Å². The molecule has 0 aliphatic rings. The van der Waals surface area contributed by atoms with Crippen LogP contribution in [0.2, 0.25) is 0 Å². The van der Waals surface area contributed by atoms with Gasteiger partial charge in [-0.3, -0.25) is 0 Å². The molecular weight excluding hydrogens is 283 g/mol. The standard InChI is InChI=1S/C15H22F3NO2/c1-3-14(20,4-2)10-19-9-12-5-7-13(8-6-12)21-11-15(16,17)18/h5-8,19-20H,3-4,9-11H2,1-2H3. The zero-order chi connectivity index (χ0) is 15.9. The number of halogens is 3. The van der Waals surface area contributed by atoms with Gasteiger partial charge in [0, 0.05) is 13.1 Å². The molecule has 0 amide bonds. The van der Waals surface area contributed by atoms with Crippen LogP contribution in [-0.2, 0) is 6.54 Å². The maximum absolute atomic E-state index is 12.0. The minimum absolute atomic E-state index is 0.190. The quantitative estimate of drug-likeness (QED) is 0.774. The van der Waals surface area contributed by atoms with Gasteiger partial charge in [-0.2, -0.15) is 13.2 Å². The summed E-state index contributed by atoms with van der Waals surface area (Å²) in [5, 5.41) is 13.3. The summed E-state index contributed by atoms with van der Waals surface area (Å²) in [7, 11) is 0. The van der Waals surface area contributed by atoms with Gasteiger partial charge in [0.15, 0.2) is 6.61 Å². The molecule has 21 heavy (non-hydrogen) atoms. The third-order valence-corrected chi connectivity index (χ3v) is 3.43. The SMILES string of the molecule is CCC(O)(CC)CNCc1ccc(OCC(F)(F)F)cc1. The molecule has 0 heterocycles. The van der Waals surface area contributed by atoms with E-state index in [4.69, 9.17) is 0 Å². The summed E-state index contributed by atoms with van der Waals surface area (Å²) in [4.78, 5) is 0. The lowest BCUT2D eigenvalue weighted by Gasteiger charge is -2.25. The fourth-order valence-corrected chi connectivity index (χ4v) is 1.81. The average Bonchev–Trinajstić information content (AvgIpc) is 2.45. The molecule has 0 saturated heterocycles. The van der Waals surface area contributed by atoms with Crippen LogP contribution in [0, 0.1) is 0 Å². The Morgan fingerprint density at radius 2 is 1.67 bits per heavy atom. The van der Waals surface area contributed by atoms with Crippen molar-refractivity contribution in [3.8, 4) is 5.75 Å². The van der Waals surface area contributed by atoms with Crippen molar-refractivity contribution in [1.29, 1.82) is 0 Å². The number of aliphatic hydroxyl groups is 1. The van der Waals surface area contributed by atoms with Gasteiger partial charge in [-0.1, -0.05) is 26.0 Å². The monoisotopic (exact) mass is 305 g/mol. The minimum Gasteiger partial charge on any atom is -0.484 e. The predicted molar refractivity (Wildman–Crippen MR) is 75.2 cm³/mol. The highest BCUT2D eigenvalue weighted by Crippen LogP contribution is 2.19. The summed E-state index contributed by atoms with van der Waals surface area (Å²) < 4.78 is 40.7. The molecule has 0 saturated carbocycles. The van der Waals surface area contributed by atoms with Crippen molar-refractivity contribution in [1.82, 2.24) is 5.32 Å². The van der Waals surface area contributed by atoms with E-state index in [1.165, 1.54) is 12.1 Å². The Balaban J connectivity index is 2.41. The van der Waals surface area contributed by atoms with Gasteiger partial charge < -0.3 is 15.2 Å². The van der Waals surface area contributed by atoms with Gasteiger partial charge in [-0.05, 0) is 30.5 Å². The highest BCUT2D eigenvalue weighted by molar-refractivity contribution is 5.27. The molecule has 2 N–H and O–H groups in total. The summed E-state index contributed by atoms with van der Waals surface area (Å²) in [6, 6.07) is 6.43. The van der Waals surface area contributed by atoms with Gasteiger partial charge in [0.1, 0.15) is 5.75 Å². The van der Waals surface area contributed by atoms with E-state index in [-0.39, 0.29) is 5.75 Å². The molecule has 1 aromatic carbocycles. The van der Waals surface area contributed by atoms with Crippen molar-refractivity contribution in [2.75, 3.05) is 13.2 Å². The van der Waals surface area contributed by atoms with Gasteiger partial charge in [0.05, 0.1) is 5.60 Å². The lowest BCUT2D eigenvalue weighted by atomic mass is 9.97. The predicted octanol–water partition coefficient (Wildman–Crippen LogP) is 3.27. The van der Waals surface area contributed by atoms with Crippen LogP contribution in [0.25, 0.3) is 0 Å². The summed E-state index contributed by atoms with van der Waals surface area (Å²) in [6.07, 6.45) is -2.99. The van der Waals surface area contributed by atoms with E-state index < -0.39 is 18.4 Å². The maximum atomic E-state index is 12.0. The number of hydrogen-bond donors (Lipinski definition) is 2. The van der Waals surface area contributed by atoms with Crippen LogP contribution in [0.5, 0.6) is 5.75 Å². The van der Waals surface area contributed by atoms with Crippen molar-refractivity contribution in [3.05, 3.63) is 29.8 Å². The molecule has 6 heteroatoms. The van der Waals surface area contributed by atoms with Crippen molar-refractivity contribution in [3.63, 3.8) is 0 Å². The lowest BCUT2D eigenvalue weighted by molar-refractivity contribution is -0.153. The van der Waals surface area contributed by atoms with Crippen molar-refractivity contribution < 1.29 is 23.0 Å².